The molecule has 0 bridgehead atoms. The standard InChI is InChI=1S/C32H28N2O2/c1-3-6-27-21(2)9-19-29(35-25-15-11-23(33)12-16-25)31(27)32-28-8-5-4-7-22(28)10-20-30(32)36-26-17-13-24(34)14-18-26/h3-20H,33-34H2,1-2H3/b6-3-. The highest BCUT2D eigenvalue weighted by Crippen LogP contribution is 2.47. The predicted molar refractivity (Wildman–Crippen MR) is 151 cm³/mol. The van der Waals surface area contributed by atoms with Crippen molar-refractivity contribution in [3.05, 3.63) is 114 Å². The Balaban J connectivity index is 1.78. The van der Waals surface area contributed by atoms with Gasteiger partial charge in [-0.1, -0.05) is 48.6 Å². The van der Waals surface area contributed by atoms with Crippen molar-refractivity contribution in [3.63, 3.8) is 0 Å². The minimum atomic E-state index is 0.689. The first-order valence-corrected chi connectivity index (χ1v) is 11.9. The van der Waals surface area contributed by atoms with Crippen molar-refractivity contribution in [1.82, 2.24) is 0 Å². The molecule has 4 heteroatoms. The van der Waals surface area contributed by atoms with Crippen LogP contribution in [-0.4, -0.2) is 0 Å². The smallest absolute Gasteiger partial charge is 0.136 e. The number of aryl methyl sites for hydroxylation is 1. The van der Waals surface area contributed by atoms with E-state index in [0.29, 0.717) is 22.9 Å². The highest BCUT2D eigenvalue weighted by molar-refractivity contribution is 6.03. The van der Waals surface area contributed by atoms with Crippen molar-refractivity contribution in [2.24, 2.45) is 0 Å². The number of nitrogen functional groups attached to an aromatic ring is 2. The number of benzene rings is 5. The first-order chi connectivity index (χ1) is 17.5. The number of rotatable bonds is 6. The summed E-state index contributed by atoms with van der Waals surface area (Å²) in [5.74, 6) is 2.89. The molecule has 4 N–H and O–H groups in total. The van der Waals surface area contributed by atoms with Gasteiger partial charge in [-0.3, -0.25) is 0 Å². The van der Waals surface area contributed by atoms with Crippen LogP contribution in [0.25, 0.3) is 28.0 Å². The molecule has 178 valence electrons. The number of anilines is 2. The van der Waals surface area contributed by atoms with E-state index in [4.69, 9.17) is 20.9 Å². The number of nitrogens with two attached hydrogens (primary N) is 2. The molecule has 0 radical (unpaired) electrons. The van der Waals surface area contributed by atoms with Gasteiger partial charge in [-0.2, -0.15) is 0 Å². The third-order valence-corrected chi connectivity index (χ3v) is 6.12. The molecule has 0 fully saturated rings. The Morgan fingerprint density at radius 3 is 1.78 bits per heavy atom. The number of fused-ring (bicyclic) bond motifs is 1. The summed E-state index contributed by atoms with van der Waals surface area (Å²) in [4.78, 5) is 0. The number of ether oxygens (including phenoxy) is 2. The summed E-state index contributed by atoms with van der Waals surface area (Å²) in [6, 6.07) is 31.4. The first-order valence-electron chi connectivity index (χ1n) is 11.9. The highest BCUT2D eigenvalue weighted by Gasteiger charge is 2.21. The lowest BCUT2D eigenvalue weighted by Gasteiger charge is -2.21. The summed E-state index contributed by atoms with van der Waals surface area (Å²) in [5, 5.41) is 2.19. The van der Waals surface area contributed by atoms with Crippen LogP contribution in [0.5, 0.6) is 23.0 Å². The lowest BCUT2D eigenvalue weighted by molar-refractivity contribution is 0.478. The van der Waals surface area contributed by atoms with Gasteiger partial charge < -0.3 is 20.9 Å². The summed E-state index contributed by atoms with van der Waals surface area (Å²) in [6.07, 6.45) is 4.17. The van der Waals surface area contributed by atoms with Crippen LogP contribution in [0.15, 0.2) is 103 Å². The van der Waals surface area contributed by atoms with Crippen molar-refractivity contribution in [1.29, 1.82) is 0 Å². The maximum atomic E-state index is 6.47. The van der Waals surface area contributed by atoms with E-state index >= 15 is 0 Å². The summed E-state index contributed by atoms with van der Waals surface area (Å²) >= 11 is 0. The quantitative estimate of drug-likeness (QED) is 0.243. The predicted octanol–water partition coefficient (Wildman–Crippen LogP) is 8.60. The number of hydrogen-bond acceptors (Lipinski definition) is 4. The van der Waals surface area contributed by atoms with Gasteiger partial charge in [-0.15, -0.1) is 0 Å². The zero-order valence-corrected chi connectivity index (χ0v) is 20.4. The molecule has 36 heavy (non-hydrogen) atoms. The van der Waals surface area contributed by atoms with Crippen LogP contribution < -0.4 is 20.9 Å². The lowest BCUT2D eigenvalue weighted by Crippen LogP contribution is -1.98. The molecule has 0 amide bonds. The molecule has 4 nitrogen and oxygen atoms in total. The molecular weight excluding hydrogens is 444 g/mol. The molecule has 0 aliphatic heterocycles. The molecule has 5 rings (SSSR count). The minimum Gasteiger partial charge on any atom is -0.457 e. The molecule has 0 atom stereocenters. The van der Waals surface area contributed by atoms with Crippen LogP contribution in [0.3, 0.4) is 0 Å². The molecule has 0 saturated heterocycles. The third kappa shape index (κ3) is 4.62. The van der Waals surface area contributed by atoms with E-state index in [-0.39, 0.29) is 0 Å². The van der Waals surface area contributed by atoms with Crippen molar-refractivity contribution in [3.8, 4) is 34.1 Å². The minimum absolute atomic E-state index is 0.689. The zero-order chi connectivity index (χ0) is 25.1. The molecule has 0 saturated carbocycles. The molecule has 0 heterocycles. The normalized spacial score (nSPS) is 11.2. The average Bonchev–Trinajstić information content (AvgIpc) is 2.89. The third-order valence-electron chi connectivity index (χ3n) is 6.12. The molecule has 0 aliphatic rings. The summed E-state index contributed by atoms with van der Waals surface area (Å²) in [7, 11) is 0. The topological polar surface area (TPSA) is 70.5 Å². The second-order valence-electron chi connectivity index (χ2n) is 8.67. The Bertz CT molecular complexity index is 1550. The number of hydrogen-bond donors (Lipinski definition) is 2. The Hall–Kier alpha value is -4.70. The lowest BCUT2D eigenvalue weighted by atomic mass is 9.90. The average molecular weight is 473 g/mol. The van der Waals surface area contributed by atoms with Crippen molar-refractivity contribution >= 4 is 28.2 Å². The van der Waals surface area contributed by atoms with Crippen LogP contribution in [-0.2, 0) is 0 Å². The highest BCUT2D eigenvalue weighted by atomic mass is 16.5. The van der Waals surface area contributed by atoms with E-state index in [0.717, 1.165) is 44.5 Å². The van der Waals surface area contributed by atoms with E-state index in [1.807, 2.05) is 85.8 Å². The van der Waals surface area contributed by atoms with Gasteiger partial charge in [0.15, 0.2) is 0 Å². The van der Waals surface area contributed by atoms with Gasteiger partial charge >= 0.3 is 0 Å². The Labute approximate surface area is 211 Å². The summed E-state index contributed by atoms with van der Waals surface area (Å²) < 4.78 is 12.9. The van der Waals surface area contributed by atoms with E-state index in [1.54, 1.807) is 0 Å². The van der Waals surface area contributed by atoms with E-state index in [2.05, 4.69) is 37.3 Å². The largest absolute Gasteiger partial charge is 0.457 e. The van der Waals surface area contributed by atoms with Crippen LogP contribution in [0.1, 0.15) is 18.1 Å². The van der Waals surface area contributed by atoms with Gasteiger partial charge in [0.25, 0.3) is 0 Å². The van der Waals surface area contributed by atoms with Gasteiger partial charge in [0.05, 0.1) is 0 Å². The molecular formula is C32H28N2O2. The van der Waals surface area contributed by atoms with Crippen LogP contribution >= 0.6 is 0 Å². The van der Waals surface area contributed by atoms with E-state index in [1.165, 1.54) is 0 Å². The van der Waals surface area contributed by atoms with Gasteiger partial charge in [0, 0.05) is 22.5 Å². The van der Waals surface area contributed by atoms with Crippen molar-refractivity contribution in [2.75, 3.05) is 11.5 Å². The SMILES string of the molecule is C/C=C\c1c(C)ccc(Oc2ccc(N)cc2)c1-c1c(Oc2ccc(N)cc2)ccc2ccccc12. The van der Waals surface area contributed by atoms with E-state index in [9.17, 15) is 0 Å². The first kappa shape index (κ1) is 23.1. The summed E-state index contributed by atoms with van der Waals surface area (Å²) in [5.41, 5.74) is 17.3. The molecule has 0 aliphatic carbocycles. The van der Waals surface area contributed by atoms with Crippen molar-refractivity contribution < 1.29 is 9.47 Å². The second-order valence-corrected chi connectivity index (χ2v) is 8.67. The fourth-order valence-electron chi connectivity index (χ4n) is 4.35. The molecule has 5 aromatic carbocycles. The molecule has 0 unspecified atom stereocenters. The van der Waals surface area contributed by atoms with Gasteiger partial charge in [0.2, 0.25) is 0 Å². The van der Waals surface area contributed by atoms with Crippen molar-refractivity contribution in [2.45, 2.75) is 13.8 Å². The van der Waals surface area contributed by atoms with Crippen LogP contribution in [0, 0.1) is 6.92 Å². The summed E-state index contributed by atoms with van der Waals surface area (Å²) in [6.45, 7) is 4.13. The van der Waals surface area contributed by atoms with Gasteiger partial charge in [-0.05, 0) is 96.4 Å². The van der Waals surface area contributed by atoms with E-state index < -0.39 is 0 Å². The number of allylic oxidation sites excluding steroid dienone is 1. The Morgan fingerprint density at radius 2 is 1.17 bits per heavy atom. The van der Waals surface area contributed by atoms with Gasteiger partial charge in [-0.25, -0.2) is 0 Å². The monoisotopic (exact) mass is 472 g/mol. The molecule has 0 spiro atoms. The maximum absolute atomic E-state index is 6.47. The fraction of sp³-hybridized carbons (Fsp3) is 0.0625. The Kier molecular flexibility index (Phi) is 6.33. The molecule has 0 aromatic heterocycles. The second kappa shape index (κ2) is 9.88. The zero-order valence-electron chi connectivity index (χ0n) is 20.4. The van der Waals surface area contributed by atoms with Gasteiger partial charge in [0.1, 0.15) is 23.0 Å². The molecule has 5 aromatic rings. The van der Waals surface area contributed by atoms with Crippen LogP contribution in [0.4, 0.5) is 11.4 Å². The fourth-order valence-corrected chi connectivity index (χ4v) is 4.35. The Morgan fingerprint density at radius 1 is 0.611 bits per heavy atom. The maximum Gasteiger partial charge on any atom is 0.136 e. The van der Waals surface area contributed by atoms with Crippen LogP contribution in [0.2, 0.25) is 0 Å².